The van der Waals surface area contributed by atoms with Gasteiger partial charge < -0.3 is 4.74 Å². The highest BCUT2D eigenvalue weighted by molar-refractivity contribution is 6.32. The molecule has 1 aromatic rings. The molecule has 78 valence electrons. The summed E-state index contributed by atoms with van der Waals surface area (Å²) in [6.07, 6.45) is -2.74. The van der Waals surface area contributed by atoms with E-state index in [0.717, 1.165) is 0 Å². The lowest BCUT2D eigenvalue weighted by Crippen LogP contribution is -1.98. The first kappa shape index (κ1) is 11.5. The molecule has 0 radical (unpaired) electrons. The molecule has 1 aromatic heterocycles. The molecule has 0 atom stereocenters. The maximum atomic E-state index is 12.4. The smallest absolute Gasteiger partial charge is 0.281 e. The van der Waals surface area contributed by atoms with Crippen LogP contribution >= 0.6 is 23.2 Å². The number of ether oxygens (including phenoxy) is 1. The molecule has 0 aromatic carbocycles. The van der Waals surface area contributed by atoms with Crippen LogP contribution in [0.15, 0.2) is 6.07 Å². The second-order valence-electron chi connectivity index (χ2n) is 2.45. The minimum Gasteiger partial charge on any atom is -0.495 e. The van der Waals surface area contributed by atoms with Crippen LogP contribution in [-0.2, 0) is 5.88 Å². The van der Waals surface area contributed by atoms with Crippen molar-refractivity contribution in [3.63, 3.8) is 0 Å². The SMILES string of the molecule is COc1cc(CCl)nc(C(F)F)c1Cl. The Labute approximate surface area is 89.8 Å². The number of halogens is 4. The first-order chi connectivity index (χ1) is 6.60. The summed E-state index contributed by atoms with van der Waals surface area (Å²) in [6.45, 7) is 0. The molecule has 1 heterocycles. The van der Waals surface area contributed by atoms with Crippen molar-refractivity contribution in [2.75, 3.05) is 7.11 Å². The second-order valence-corrected chi connectivity index (χ2v) is 3.09. The molecule has 14 heavy (non-hydrogen) atoms. The molecule has 0 bridgehead atoms. The molecular weight excluding hydrogens is 235 g/mol. The molecule has 0 aliphatic heterocycles. The van der Waals surface area contributed by atoms with Crippen molar-refractivity contribution in [2.45, 2.75) is 12.3 Å². The van der Waals surface area contributed by atoms with E-state index in [0.29, 0.717) is 5.69 Å². The van der Waals surface area contributed by atoms with Gasteiger partial charge in [0, 0.05) is 6.07 Å². The van der Waals surface area contributed by atoms with Gasteiger partial charge in [-0.2, -0.15) is 0 Å². The lowest BCUT2D eigenvalue weighted by Gasteiger charge is -2.09. The minimum atomic E-state index is -2.74. The van der Waals surface area contributed by atoms with Gasteiger partial charge >= 0.3 is 0 Å². The van der Waals surface area contributed by atoms with Crippen LogP contribution < -0.4 is 4.74 Å². The monoisotopic (exact) mass is 241 g/mol. The Morgan fingerprint density at radius 1 is 1.57 bits per heavy atom. The van der Waals surface area contributed by atoms with Crippen molar-refractivity contribution < 1.29 is 13.5 Å². The fraction of sp³-hybridized carbons (Fsp3) is 0.375. The van der Waals surface area contributed by atoms with Gasteiger partial charge in [-0.25, -0.2) is 13.8 Å². The predicted molar refractivity (Wildman–Crippen MR) is 50.3 cm³/mol. The average molecular weight is 242 g/mol. The van der Waals surface area contributed by atoms with Gasteiger partial charge in [0.25, 0.3) is 6.43 Å². The molecule has 0 spiro atoms. The lowest BCUT2D eigenvalue weighted by molar-refractivity contribution is 0.145. The zero-order valence-corrected chi connectivity index (χ0v) is 8.74. The van der Waals surface area contributed by atoms with Gasteiger partial charge in [0.1, 0.15) is 16.5 Å². The molecule has 0 saturated carbocycles. The van der Waals surface area contributed by atoms with Crippen LogP contribution in [0.25, 0.3) is 0 Å². The van der Waals surface area contributed by atoms with Crippen molar-refractivity contribution in [1.29, 1.82) is 0 Å². The van der Waals surface area contributed by atoms with E-state index in [1.54, 1.807) is 0 Å². The number of rotatable bonds is 3. The topological polar surface area (TPSA) is 22.1 Å². The average Bonchev–Trinajstić information content (AvgIpc) is 2.17. The molecule has 0 aliphatic rings. The summed E-state index contributed by atoms with van der Waals surface area (Å²) in [5.41, 5.74) is -0.190. The van der Waals surface area contributed by atoms with Gasteiger partial charge in [-0.15, -0.1) is 11.6 Å². The van der Waals surface area contributed by atoms with Crippen molar-refractivity contribution in [3.8, 4) is 5.75 Å². The normalized spacial score (nSPS) is 10.7. The van der Waals surface area contributed by atoms with E-state index in [2.05, 4.69) is 4.98 Å². The predicted octanol–water partition coefficient (Wildman–Crippen LogP) is 3.42. The molecule has 0 amide bonds. The maximum absolute atomic E-state index is 12.4. The second kappa shape index (κ2) is 4.75. The Balaban J connectivity index is 3.27. The summed E-state index contributed by atoms with van der Waals surface area (Å²) in [6, 6.07) is 1.43. The van der Waals surface area contributed by atoms with Crippen LogP contribution in [0.2, 0.25) is 5.02 Å². The van der Waals surface area contributed by atoms with Gasteiger partial charge in [0.2, 0.25) is 0 Å². The number of methoxy groups -OCH3 is 1. The summed E-state index contributed by atoms with van der Waals surface area (Å²) in [5.74, 6) is 0.195. The third kappa shape index (κ3) is 2.25. The Morgan fingerprint density at radius 2 is 2.21 bits per heavy atom. The maximum Gasteiger partial charge on any atom is 0.281 e. The Kier molecular flexibility index (Phi) is 3.89. The molecule has 2 nitrogen and oxygen atoms in total. The number of alkyl halides is 3. The number of nitrogens with zero attached hydrogens (tertiary/aromatic N) is 1. The number of aromatic nitrogens is 1. The molecule has 0 aliphatic carbocycles. The quantitative estimate of drug-likeness (QED) is 0.757. The van der Waals surface area contributed by atoms with E-state index in [4.69, 9.17) is 27.9 Å². The summed E-state index contributed by atoms with van der Waals surface area (Å²) < 4.78 is 29.6. The standard InChI is InChI=1S/C8H7Cl2F2NO/c1-14-5-2-4(3-9)13-7(6(5)10)8(11)12/h2,8H,3H2,1H3. The zero-order chi connectivity index (χ0) is 10.7. The van der Waals surface area contributed by atoms with E-state index < -0.39 is 12.1 Å². The van der Waals surface area contributed by atoms with E-state index in [-0.39, 0.29) is 16.7 Å². The highest BCUT2D eigenvalue weighted by Gasteiger charge is 2.18. The number of hydrogen-bond acceptors (Lipinski definition) is 2. The van der Waals surface area contributed by atoms with Gasteiger partial charge in [-0.3, -0.25) is 0 Å². The molecule has 6 heteroatoms. The summed E-state index contributed by atoms with van der Waals surface area (Å²) in [7, 11) is 1.34. The minimum absolute atomic E-state index is 0.0350. The van der Waals surface area contributed by atoms with Crippen molar-refractivity contribution in [1.82, 2.24) is 4.98 Å². The summed E-state index contributed by atoms with van der Waals surface area (Å²) >= 11 is 11.1. The Hall–Kier alpha value is -0.610. The summed E-state index contributed by atoms with van der Waals surface area (Å²) in [5, 5.41) is -0.170. The van der Waals surface area contributed by atoms with Gasteiger partial charge in [0.15, 0.2) is 0 Å². The fourth-order valence-corrected chi connectivity index (χ4v) is 1.33. The Morgan fingerprint density at radius 3 is 2.64 bits per heavy atom. The first-order valence-electron chi connectivity index (χ1n) is 3.67. The van der Waals surface area contributed by atoms with E-state index >= 15 is 0 Å². The Bertz CT molecular complexity index is 333. The number of hydrogen-bond donors (Lipinski definition) is 0. The van der Waals surface area contributed by atoms with Crippen LogP contribution in [-0.4, -0.2) is 12.1 Å². The van der Waals surface area contributed by atoms with Crippen LogP contribution in [0.4, 0.5) is 8.78 Å². The van der Waals surface area contributed by atoms with Gasteiger partial charge in [-0.1, -0.05) is 11.6 Å². The highest BCUT2D eigenvalue weighted by Crippen LogP contribution is 2.33. The molecule has 0 saturated heterocycles. The van der Waals surface area contributed by atoms with E-state index in [1.807, 2.05) is 0 Å². The van der Waals surface area contributed by atoms with E-state index in [9.17, 15) is 8.78 Å². The van der Waals surface area contributed by atoms with Crippen molar-refractivity contribution >= 4 is 23.2 Å². The first-order valence-corrected chi connectivity index (χ1v) is 4.58. The fourth-order valence-electron chi connectivity index (χ4n) is 0.939. The third-order valence-electron chi connectivity index (χ3n) is 1.57. The van der Waals surface area contributed by atoms with Crippen LogP contribution in [0.1, 0.15) is 17.8 Å². The molecule has 0 unspecified atom stereocenters. The van der Waals surface area contributed by atoms with Crippen molar-refractivity contribution in [3.05, 3.63) is 22.5 Å². The number of pyridine rings is 1. The molecule has 0 N–H and O–H groups in total. The van der Waals surface area contributed by atoms with Crippen molar-refractivity contribution in [2.24, 2.45) is 0 Å². The summed E-state index contributed by atoms with van der Waals surface area (Å²) in [4.78, 5) is 3.60. The van der Waals surface area contributed by atoms with Crippen LogP contribution in [0, 0.1) is 0 Å². The van der Waals surface area contributed by atoms with E-state index in [1.165, 1.54) is 13.2 Å². The molecule has 1 rings (SSSR count). The van der Waals surface area contributed by atoms with Crippen LogP contribution in [0.5, 0.6) is 5.75 Å². The molecular formula is C8H7Cl2F2NO. The van der Waals surface area contributed by atoms with Crippen LogP contribution in [0.3, 0.4) is 0 Å². The highest BCUT2D eigenvalue weighted by atomic mass is 35.5. The third-order valence-corrected chi connectivity index (χ3v) is 2.22. The largest absolute Gasteiger partial charge is 0.495 e. The van der Waals surface area contributed by atoms with Gasteiger partial charge in [-0.05, 0) is 0 Å². The lowest BCUT2D eigenvalue weighted by atomic mass is 10.3. The van der Waals surface area contributed by atoms with Gasteiger partial charge in [0.05, 0.1) is 18.7 Å². The zero-order valence-electron chi connectivity index (χ0n) is 7.23. The molecule has 0 fully saturated rings.